The lowest BCUT2D eigenvalue weighted by molar-refractivity contribution is -0.148. The molecular weight excluding hydrogens is 233 g/mol. The molecular formula is C16H20BNO. The molecule has 1 aromatic carbocycles. The molecule has 2 saturated heterocycles. The Hall–Kier alpha value is -0.795. The van der Waals surface area contributed by atoms with Gasteiger partial charge in [0, 0.05) is 18.1 Å². The van der Waals surface area contributed by atoms with Gasteiger partial charge in [-0.25, -0.2) is 0 Å². The molecule has 3 aliphatic rings. The first kappa shape index (κ1) is 12.0. The maximum Gasteiger partial charge on any atom is 0.113 e. The molecule has 0 saturated carbocycles. The Morgan fingerprint density at radius 3 is 2.47 bits per heavy atom. The Bertz CT molecular complexity index is 476. The van der Waals surface area contributed by atoms with Crippen molar-refractivity contribution >= 4 is 13.3 Å². The van der Waals surface area contributed by atoms with E-state index < -0.39 is 0 Å². The molecule has 2 bridgehead atoms. The lowest BCUT2D eigenvalue weighted by Gasteiger charge is -2.56. The van der Waals surface area contributed by atoms with Crippen LogP contribution in [0, 0.1) is 0 Å². The van der Waals surface area contributed by atoms with E-state index in [9.17, 15) is 0 Å². The Labute approximate surface area is 116 Å². The summed E-state index contributed by atoms with van der Waals surface area (Å²) in [7, 11) is 5.91. The first-order valence-corrected chi connectivity index (χ1v) is 7.54. The predicted octanol–water partition coefficient (Wildman–Crippen LogP) is 1.20. The molecule has 2 heterocycles. The Kier molecular flexibility index (Phi) is 2.93. The smallest absolute Gasteiger partial charge is 0.113 e. The minimum atomic E-state index is 0.704. The highest BCUT2D eigenvalue weighted by Gasteiger charge is 2.45. The lowest BCUT2D eigenvalue weighted by Crippen LogP contribution is -2.66. The van der Waals surface area contributed by atoms with Crippen LogP contribution in [0.25, 0.3) is 0 Å². The summed E-state index contributed by atoms with van der Waals surface area (Å²) in [5.74, 6) is 0. The van der Waals surface area contributed by atoms with Crippen molar-refractivity contribution in [2.45, 2.75) is 50.2 Å². The van der Waals surface area contributed by atoms with Gasteiger partial charge in [0.1, 0.15) is 7.85 Å². The molecule has 2 fully saturated rings. The molecule has 0 aromatic heterocycles. The fourth-order valence-corrected chi connectivity index (χ4v) is 4.17. The van der Waals surface area contributed by atoms with Crippen molar-refractivity contribution in [3.63, 3.8) is 0 Å². The molecule has 3 heteroatoms. The van der Waals surface area contributed by atoms with Gasteiger partial charge in [-0.2, -0.15) is 0 Å². The zero-order chi connectivity index (χ0) is 12.8. The number of nitrogens with zero attached hydrogens (tertiary/aromatic N) is 1. The van der Waals surface area contributed by atoms with E-state index in [4.69, 9.17) is 12.6 Å². The Balaban J connectivity index is 1.51. The SMILES string of the molecule is [B]c1ccc2c(c1)CC[C@@H](N1C3COCC1C3)CC2. The summed E-state index contributed by atoms with van der Waals surface area (Å²) in [6, 6.07) is 8.61. The van der Waals surface area contributed by atoms with Crippen LogP contribution in [0.2, 0.25) is 0 Å². The second-order valence-corrected chi connectivity index (χ2v) is 6.29. The summed E-state index contributed by atoms with van der Waals surface area (Å²) in [5.41, 5.74) is 3.90. The van der Waals surface area contributed by atoms with E-state index in [-0.39, 0.29) is 0 Å². The first-order valence-electron chi connectivity index (χ1n) is 7.54. The number of benzene rings is 1. The monoisotopic (exact) mass is 253 g/mol. The number of fused-ring (bicyclic) bond motifs is 3. The van der Waals surface area contributed by atoms with Crippen LogP contribution in [0.4, 0.5) is 0 Å². The van der Waals surface area contributed by atoms with Crippen LogP contribution in [0.3, 0.4) is 0 Å². The van der Waals surface area contributed by atoms with Gasteiger partial charge in [-0.05, 0) is 43.2 Å². The summed E-state index contributed by atoms with van der Waals surface area (Å²) >= 11 is 0. The number of aryl methyl sites for hydroxylation is 2. The van der Waals surface area contributed by atoms with Gasteiger partial charge in [-0.3, -0.25) is 4.90 Å². The van der Waals surface area contributed by atoms with E-state index >= 15 is 0 Å². The maximum absolute atomic E-state index is 5.91. The summed E-state index contributed by atoms with van der Waals surface area (Å²) in [6.07, 6.45) is 6.32. The molecule has 19 heavy (non-hydrogen) atoms. The van der Waals surface area contributed by atoms with Crippen LogP contribution in [-0.4, -0.2) is 44.1 Å². The second-order valence-electron chi connectivity index (χ2n) is 6.29. The summed E-state index contributed by atoms with van der Waals surface area (Å²) in [5, 5.41) is 0. The average Bonchev–Trinajstić information content (AvgIpc) is 2.62. The van der Waals surface area contributed by atoms with E-state index in [0.717, 1.165) is 24.7 Å². The number of morpholine rings is 1. The van der Waals surface area contributed by atoms with Crippen molar-refractivity contribution in [1.82, 2.24) is 4.90 Å². The minimum absolute atomic E-state index is 0.704. The van der Waals surface area contributed by atoms with Crippen molar-refractivity contribution in [3.8, 4) is 0 Å². The van der Waals surface area contributed by atoms with E-state index in [2.05, 4.69) is 17.0 Å². The molecule has 2 aliphatic heterocycles. The second kappa shape index (κ2) is 4.64. The fraction of sp³-hybridized carbons (Fsp3) is 0.625. The van der Waals surface area contributed by atoms with E-state index in [0.29, 0.717) is 12.1 Å². The van der Waals surface area contributed by atoms with Crippen LogP contribution in [-0.2, 0) is 17.6 Å². The zero-order valence-corrected chi connectivity index (χ0v) is 11.3. The number of rotatable bonds is 1. The van der Waals surface area contributed by atoms with Crippen LogP contribution in [0.5, 0.6) is 0 Å². The van der Waals surface area contributed by atoms with E-state index in [1.807, 2.05) is 6.07 Å². The van der Waals surface area contributed by atoms with Crippen molar-refractivity contribution in [2.75, 3.05) is 13.2 Å². The van der Waals surface area contributed by atoms with Crippen molar-refractivity contribution in [1.29, 1.82) is 0 Å². The van der Waals surface area contributed by atoms with Gasteiger partial charge in [0.2, 0.25) is 0 Å². The van der Waals surface area contributed by atoms with Crippen LogP contribution in [0.1, 0.15) is 30.4 Å². The predicted molar refractivity (Wildman–Crippen MR) is 77.1 cm³/mol. The van der Waals surface area contributed by atoms with Crippen LogP contribution in [0.15, 0.2) is 18.2 Å². The number of hydrogen-bond acceptors (Lipinski definition) is 2. The summed E-state index contributed by atoms with van der Waals surface area (Å²) in [6.45, 7) is 1.90. The molecule has 4 rings (SSSR count). The largest absolute Gasteiger partial charge is 0.378 e. The minimum Gasteiger partial charge on any atom is -0.378 e. The third-order valence-corrected chi connectivity index (χ3v) is 5.15. The standard InChI is InChI=1S/C16H20BNO/c17-13-4-1-11-2-5-14(6-3-12(11)7-13)18-15-8-16(18)10-19-9-15/h1,4,7,14-16H,2-3,5-6,8-10H2/t14-,15?,16?/m0/s1. The van der Waals surface area contributed by atoms with Gasteiger partial charge in [0.15, 0.2) is 0 Å². The van der Waals surface area contributed by atoms with Crippen molar-refractivity contribution < 1.29 is 4.74 Å². The highest BCUT2D eigenvalue weighted by molar-refractivity contribution is 6.32. The molecule has 1 aromatic rings. The van der Waals surface area contributed by atoms with Gasteiger partial charge in [-0.1, -0.05) is 23.7 Å². The number of ether oxygens (including phenoxy) is 1. The van der Waals surface area contributed by atoms with E-state index in [1.165, 1.54) is 43.2 Å². The highest BCUT2D eigenvalue weighted by atomic mass is 16.5. The molecule has 2 radical (unpaired) electrons. The molecule has 3 atom stereocenters. The third-order valence-electron chi connectivity index (χ3n) is 5.15. The first-order chi connectivity index (χ1) is 9.31. The van der Waals surface area contributed by atoms with Crippen LogP contribution >= 0.6 is 0 Å². The third kappa shape index (κ3) is 2.04. The fourth-order valence-electron chi connectivity index (χ4n) is 4.17. The quantitative estimate of drug-likeness (QED) is 0.551. The average molecular weight is 253 g/mol. The topological polar surface area (TPSA) is 12.5 Å². The highest BCUT2D eigenvalue weighted by Crippen LogP contribution is 2.36. The van der Waals surface area contributed by atoms with Gasteiger partial charge in [-0.15, -0.1) is 0 Å². The van der Waals surface area contributed by atoms with Gasteiger partial charge in [0.05, 0.1) is 13.2 Å². The molecule has 0 N–H and O–H groups in total. The molecule has 1 aliphatic carbocycles. The summed E-state index contributed by atoms with van der Waals surface area (Å²) < 4.78 is 5.60. The molecule has 0 spiro atoms. The molecule has 98 valence electrons. The molecule has 2 unspecified atom stereocenters. The zero-order valence-electron chi connectivity index (χ0n) is 11.3. The van der Waals surface area contributed by atoms with Gasteiger partial charge >= 0.3 is 0 Å². The summed E-state index contributed by atoms with van der Waals surface area (Å²) in [4.78, 5) is 2.75. The van der Waals surface area contributed by atoms with E-state index in [1.54, 1.807) is 0 Å². The molecule has 0 amide bonds. The Morgan fingerprint density at radius 2 is 1.74 bits per heavy atom. The maximum atomic E-state index is 5.91. The number of hydrogen-bond donors (Lipinski definition) is 0. The Morgan fingerprint density at radius 1 is 1.00 bits per heavy atom. The molecule has 2 nitrogen and oxygen atoms in total. The van der Waals surface area contributed by atoms with Gasteiger partial charge < -0.3 is 4.74 Å². The van der Waals surface area contributed by atoms with Crippen molar-refractivity contribution in [2.24, 2.45) is 0 Å². The lowest BCUT2D eigenvalue weighted by atomic mass is 9.87. The normalized spacial score (nSPS) is 34.2. The van der Waals surface area contributed by atoms with Crippen LogP contribution < -0.4 is 5.46 Å². The van der Waals surface area contributed by atoms with Crippen molar-refractivity contribution in [3.05, 3.63) is 29.3 Å². The van der Waals surface area contributed by atoms with Gasteiger partial charge in [0.25, 0.3) is 0 Å².